The van der Waals surface area contributed by atoms with Crippen LogP contribution in [0.1, 0.15) is 17.7 Å². The zero-order valence-corrected chi connectivity index (χ0v) is 10.2. The van der Waals surface area contributed by atoms with Crippen LogP contribution in [0.15, 0.2) is 18.9 Å². The zero-order valence-electron chi connectivity index (χ0n) is 10.2. The van der Waals surface area contributed by atoms with Crippen LogP contribution >= 0.6 is 0 Å². The second-order valence-electron chi connectivity index (χ2n) is 3.75. The molecular formula is C12H21N3O. The molecule has 0 saturated carbocycles. The van der Waals surface area contributed by atoms with Gasteiger partial charge in [-0.05, 0) is 13.3 Å². The molecule has 0 amide bonds. The molecule has 0 aliphatic heterocycles. The van der Waals surface area contributed by atoms with Crippen LogP contribution in [0.2, 0.25) is 0 Å². The molecule has 1 N–H and O–H groups in total. The van der Waals surface area contributed by atoms with Gasteiger partial charge in [0.25, 0.3) is 0 Å². The lowest BCUT2D eigenvalue weighted by atomic mass is 10.2. The molecule has 0 aliphatic rings. The third-order valence-corrected chi connectivity index (χ3v) is 2.41. The highest BCUT2D eigenvalue weighted by Gasteiger charge is 2.03. The van der Waals surface area contributed by atoms with Crippen molar-refractivity contribution >= 4 is 0 Å². The molecule has 0 spiro atoms. The van der Waals surface area contributed by atoms with Crippen LogP contribution in [0.4, 0.5) is 0 Å². The highest BCUT2D eigenvalue weighted by atomic mass is 16.5. The lowest BCUT2D eigenvalue weighted by Gasteiger charge is -2.02. The summed E-state index contributed by atoms with van der Waals surface area (Å²) < 4.78 is 6.95. The standard InChI is InChI=1S/C12H21N3O/c1-4-5-7-15-10-12(11(2)14-15)9-13-6-8-16-3/h4,10,13H,1,5-9H2,2-3H3. The van der Waals surface area contributed by atoms with E-state index in [1.165, 1.54) is 5.56 Å². The molecule has 0 saturated heterocycles. The minimum atomic E-state index is 0.740. The minimum absolute atomic E-state index is 0.740. The number of nitrogens with zero attached hydrogens (tertiary/aromatic N) is 2. The summed E-state index contributed by atoms with van der Waals surface area (Å²) in [5.41, 5.74) is 2.34. The van der Waals surface area contributed by atoms with Crippen LogP contribution < -0.4 is 5.32 Å². The fourth-order valence-electron chi connectivity index (χ4n) is 1.47. The fraction of sp³-hybridized carbons (Fsp3) is 0.583. The Morgan fingerprint density at radius 2 is 2.44 bits per heavy atom. The summed E-state index contributed by atoms with van der Waals surface area (Å²) in [4.78, 5) is 0. The lowest BCUT2D eigenvalue weighted by molar-refractivity contribution is 0.199. The Morgan fingerprint density at radius 3 is 3.12 bits per heavy atom. The quantitative estimate of drug-likeness (QED) is 0.536. The maximum atomic E-state index is 4.97. The monoisotopic (exact) mass is 223 g/mol. The molecular weight excluding hydrogens is 202 g/mol. The third kappa shape index (κ3) is 4.16. The number of aromatic nitrogens is 2. The van der Waals surface area contributed by atoms with Crippen molar-refractivity contribution in [3.63, 3.8) is 0 Å². The van der Waals surface area contributed by atoms with Crippen molar-refractivity contribution in [3.05, 3.63) is 30.1 Å². The number of methoxy groups -OCH3 is 1. The van der Waals surface area contributed by atoms with Gasteiger partial charge in [-0.2, -0.15) is 5.10 Å². The number of rotatable bonds is 8. The number of nitrogens with one attached hydrogen (secondary N) is 1. The Morgan fingerprint density at radius 1 is 1.62 bits per heavy atom. The molecule has 1 aromatic rings. The number of aryl methyl sites for hydroxylation is 2. The van der Waals surface area contributed by atoms with E-state index in [1.807, 2.05) is 17.7 Å². The smallest absolute Gasteiger partial charge is 0.0638 e. The summed E-state index contributed by atoms with van der Waals surface area (Å²) in [7, 11) is 1.71. The molecule has 0 fully saturated rings. The van der Waals surface area contributed by atoms with Gasteiger partial charge in [0.1, 0.15) is 0 Å². The zero-order chi connectivity index (χ0) is 11.8. The second kappa shape index (κ2) is 7.19. The van der Waals surface area contributed by atoms with E-state index < -0.39 is 0 Å². The molecule has 1 heterocycles. The van der Waals surface area contributed by atoms with Gasteiger partial charge >= 0.3 is 0 Å². The molecule has 0 aromatic carbocycles. The van der Waals surface area contributed by atoms with E-state index in [4.69, 9.17) is 4.74 Å². The molecule has 0 unspecified atom stereocenters. The molecule has 0 radical (unpaired) electrons. The van der Waals surface area contributed by atoms with Crippen LogP contribution in [0.3, 0.4) is 0 Å². The Balaban J connectivity index is 2.40. The third-order valence-electron chi connectivity index (χ3n) is 2.41. The Bertz CT molecular complexity index is 320. The second-order valence-corrected chi connectivity index (χ2v) is 3.75. The van der Waals surface area contributed by atoms with E-state index in [0.29, 0.717) is 0 Å². The highest BCUT2D eigenvalue weighted by molar-refractivity contribution is 5.15. The fourth-order valence-corrected chi connectivity index (χ4v) is 1.47. The van der Waals surface area contributed by atoms with Crippen molar-refractivity contribution in [3.8, 4) is 0 Å². The molecule has 0 aliphatic carbocycles. The van der Waals surface area contributed by atoms with E-state index in [9.17, 15) is 0 Å². The number of hydrogen-bond donors (Lipinski definition) is 1. The van der Waals surface area contributed by atoms with Gasteiger partial charge in [-0.1, -0.05) is 6.08 Å². The molecule has 1 aromatic heterocycles. The van der Waals surface area contributed by atoms with Gasteiger partial charge in [-0.25, -0.2) is 0 Å². The van der Waals surface area contributed by atoms with Crippen molar-refractivity contribution in [2.24, 2.45) is 0 Å². The Kier molecular flexibility index (Phi) is 5.82. The predicted molar refractivity (Wildman–Crippen MR) is 65.4 cm³/mol. The first-order valence-electron chi connectivity index (χ1n) is 5.61. The van der Waals surface area contributed by atoms with Crippen molar-refractivity contribution in [2.45, 2.75) is 26.4 Å². The van der Waals surface area contributed by atoms with E-state index in [0.717, 1.165) is 38.4 Å². The van der Waals surface area contributed by atoms with Gasteiger partial charge in [-0.15, -0.1) is 6.58 Å². The normalized spacial score (nSPS) is 10.6. The first-order valence-corrected chi connectivity index (χ1v) is 5.61. The Labute approximate surface area is 97.3 Å². The first-order chi connectivity index (χ1) is 7.77. The summed E-state index contributed by atoms with van der Waals surface area (Å²) in [6.45, 7) is 9.11. The minimum Gasteiger partial charge on any atom is -0.383 e. The summed E-state index contributed by atoms with van der Waals surface area (Å²) in [6.07, 6.45) is 4.96. The average molecular weight is 223 g/mol. The van der Waals surface area contributed by atoms with Crippen LogP contribution in [0, 0.1) is 6.92 Å². The van der Waals surface area contributed by atoms with Gasteiger partial charge < -0.3 is 10.1 Å². The maximum Gasteiger partial charge on any atom is 0.0638 e. The molecule has 90 valence electrons. The van der Waals surface area contributed by atoms with Gasteiger partial charge in [0.2, 0.25) is 0 Å². The predicted octanol–water partition coefficient (Wildman–Crippen LogP) is 1.50. The van der Waals surface area contributed by atoms with Gasteiger partial charge in [0.15, 0.2) is 0 Å². The number of ether oxygens (including phenoxy) is 1. The van der Waals surface area contributed by atoms with Gasteiger partial charge in [0, 0.05) is 38.5 Å². The summed E-state index contributed by atoms with van der Waals surface area (Å²) >= 11 is 0. The molecule has 16 heavy (non-hydrogen) atoms. The first kappa shape index (κ1) is 12.9. The van der Waals surface area contributed by atoms with E-state index in [-0.39, 0.29) is 0 Å². The molecule has 4 heteroatoms. The summed E-state index contributed by atoms with van der Waals surface area (Å²) in [5.74, 6) is 0. The molecule has 1 rings (SSSR count). The topological polar surface area (TPSA) is 39.1 Å². The number of hydrogen-bond acceptors (Lipinski definition) is 3. The summed E-state index contributed by atoms with van der Waals surface area (Å²) in [6, 6.07) is 0. The number of allylic oxidation sites excluding steroid dienone is 1. The lowest BCUT2D eigenvalue weighted by Crippen LogP contribution is -2.18. The van der Waals surface area contributed by atoms with Crippen LogP contribution in [0.5, 0.6) is 0 Å². The van der Waals surface area contributed by atoms with Crippen molar-refractivity contribution in [1.82, 2.24) is 15.1 Å². The van der Waals surface area contributed by atoms with Crippen molar-refractivity contribution in [2.75, 3.05) is 20.3 Å². The van der Waals surface area contributed by atoms with Crippen LogP contribution in [-0.4, -0.2) is 30.0 Å². The van der Waals surface area contributed by atoms with E-state index in [2.05, 4.69) is 23.2 Å². The highest BCUT2D eigenvalue weighted by Crippen LogP contribution is 2.05. The van der Waals surface area contributed by atoms with Gasteiger partial charge in [-0.3, -0.25) is 4.68 Å². The molecule has 0 bridgehead atoms. The largest absolute Gasteiger partial charge is 0.383 e. The van der Waals surface area contributed by atoms with Gasteiger partial charge in [0.05, 0.1) is 12.3 Å². The van der Waals surface area contributed by atoms with E-state index in [1.54, 1.807) is 7.11 Å². The summed E-state index contributed by atoms with van der Waals surface area (Å²) in [5, 5.41) is 7.76. The van der Waals surface area contributed by atoms with Crippen LogP contribution in [0.25, 0.3) is 0 Å². The SMILES string of the molecule is C=CCCn1cc(CNCCOC)c(C)n1. The van der Waals surface area contributed by atoms with Crippen molar-refractivity contribution in [1.29, 1.82) is 0 Å². The average Bonchev–Trinajstić information content (AvgIpc) is 2.63. The molecule has 4 nitrogen and oxygen atoms in total. The van der Waals surface area contributed by atoms with Crippen LogP contribution in [-0.2, 0) is 17.8 Å². The maximum absolute atomic E-state index is 4.97. The van der Waals surface area contributed by atoms with Crippen molar-refractivity contribution < 1.29 is 4.74 Å². The Hall–Kier alpha value is -1.13. The van der Waals surface area contributed by atoms with E-state index >= 15 is 0 Å². The molecule has 0 atom stereocenters.